The van der Waals surface area contributed by atoms with Crippen LogP contribution in [-0.2, 0) is 14.8 Å². The minimum atomic E-state index is -3.70. The number of hydrogen-bond acceptors (Lipinski definition) is 4. The molecule has 0 heterocycles. The summed E-state index contributed by atoms with van der Waals surface area (Å²) in [5.74, 6) is -1.28. The molecule has 0 saturated heterocycles. The molecule has 26 heavy (non-hydrogen) atoms. The van der Waals surface area contributed by atoms with Crippen LogP contribution < -0.4 is 10.0 Å². The third-order valence-electron chi connectivity index (χ3n) is 3.37. The lowest BCUT2D eigenvalue weighted by Crippen LogP contribution is -2.35. The summed E-state index contributed by atoms with van der Waals surface area (Å²) in [7, 11) is -2.22. The Morgan fingerprint density at radius 1 is 1.23 bits per heavy atom. The molecule has 0 fully saturated rings. The summed E-state index contributed by atoms with van der Waals surface area (Å²) in [5.41, 5.74) is 0.226. The van der Waals surface area contributed by atoms with Crippen LogP contribution in [0.2, 0.25) is 0 Å². The number of amides is 1. The first-order chi connectivity index (χ1) is 12.2. The maximum Gasteiger partial charge on any atom is 0.258 e. The van der Waals surface area contributed by atoms with Gasteiger partial charge in [0.2, 0.25) is 10.0 Å². The summed E-state index contributed by atoms with van der Waals surface area (Å²) >= 11 is 3.18. The normalized spacial score (nSPS) is 12.6. The van der Waals surface area contributed by atoms with Crippen LogP contribution in [0.5, 0.6) is 0 Å². The molecule has 9 heteroatoms. The molecule has 0 spiro atoms. The van der Waals surface area contributed by atoms with Gasteiger partial charge in [-0.1, -0.05) is 15.9 Å². The fourth-order valence-corrected chi connectivity index (χ4v) is 3.79. The van der Waals surface area contributed by atoms with Crippen molar-refractivity contribution in [3.05, 3.63) is 58.3 Å². The zero-order chi connectivity index (χ0) is 19.3. The summed E-state index contributed by atoms with van der Waals surface area (Å²) in [5, 5.41) is 2.53. The van der Waals surface area contributed by atoms with Crippen molar-refractivity contribution in [1.29, 1.82) is 0 Å². The third-order valence-corrected chi connectivity index (χ3v) is 5.47. The molecule has 1 amide bonds. The Morgan fingerprint density at radius 2 is 1.88 bits per heavy atom. The van der Waals surface area contributed by atoms with Gasteiger partial charge in [0.15, 0.2) is 0 Å². The number of rotatable bonds is 7. The second-order valence-corrected chi connectivity index (χ2v) is 8.21. The van der Waals surface area contributed by atoms with Gasteiger partial charge in [-0.3, -0.25) is 4.79 Å². The highest BCUT2D eigenvalue weighted by Crippen LogP contribution is 2.19. The number of carbonyl (C=O) groups is 1. The van der Waals surface area contributed by atoms with Crippen molar-refractivity contribution in [3.8, 4) is 0 Å². The van der Waals surface area contributed by atoms with Crippen LogP contribution >= 0.6 is 15.9 Å². The number of methoxy groups -OCH3 is 1. The maximum absolute atomic E-state index is 13.7. The van der Waals surface area contributed by atoms with Crippen molar-refractivity contribution in [2.24, 2.45) is 0 Å². The van der Waals surface area contributed by atoms with E-state index in [0.717, 1.165) is 0 Å². The van der Waals surface area contributed by atoms with E-state index in [4.69, 9.17) is 4.74 Å². The molecular weight excluding hydrogens is 427 g/mol. The van der Waals surface area contributed by atoms with Gasteiger partial charge >= 0.3 is 0 Å². The molecule has 2 aromatic rings. The first kappa shape index (κ1) is 20.5. The second kappa shape index (κ2) is 8.72. The monoisotopic (exact) mass is 444 g/mol. The summed E-state index contributed by atoms with van der Waals surface area (Å²) in [6, 6.07) is 9.23. The van der Waals surface area contributed by atoms with Crippen LogP contribution in [0.15, 0.2) is 51.8 Å². The Balaban J connectivity index is 2.12. The molecule has 140 valence electrons. The summed E-state index contributed by atoms with van der Waals surface area (Å²) in [6.07, 6.45) is 0. The van der Waals surface area contributed by atoms with Gasteiger partial charge in [0.25, 0.3) is 5.91 Å². The topological polar surface area (TPSA) is 84.5 Å². The van der Waals surface area contributed by atoms with Crippen molar-refractivity contribution in [3.63, 3.8) is 0 Å². The molecule has 0 bridgehead atoms. The number of carbonyl (C=O) groups excluding carboxylic acids is 1. The van der Waals surface area contributed by atoms with Gasteiger partial charge in [0, 0.05) is 23.3 Å². The fourth-order valence-electron chi connectivity index (χ4n) is 2.20. The molecule has 0 aliphatic heterocycles. The Bertz CT molecular complexity index is 888. The van der Waals surface area contributed by atoms with Gasteiger partial charge in [-0.25, -0.2) is 17.5 Å². The van der Waals surface area contributed by atoms with E-state index < -0.39 is 21.7 Å². The SMILES string of the molecule is COC[C@H](C)NS(=O)(=O)c1ccc(NC(=O)c2cc(Br)ccc2F)cc1. The van der Waals surface area contributed by atoms with E-state index in [9.17, 15) is 17.6 Å². The minimum Gasteiger partial charge on any atom is -0.383 e. The number of halogens is 2. The largest absolute Gasteiger partial charge is 0.383 e. The van der Waals surface area contributed by atoms with Gasteiger partial charge in [-0.05, 0) is 49.4 Å². The van der Waals surface area contributed by atoms with Gasteiger partial charge in [0.1, 0.15) is 5.82 Å². The lowest BCUT2D eigenvalue weighted by atomic mass is 10.2. The van der Waals surface area contributed by atoms with Gasteiger partial charge < -0.3 is 10.1 Å². The van der Waals surface area contributed by atoms with Crippen LogP contribution in [0.1, 0.15) is 17.3 Å². The van der Waals surface area contributed by atoms with E-state index in [2.05, 4.69) is 26.0 Å². The fraction of sp³-hybridized carbons (Fsp3) is 0.235. The van der Waals surface area contributed by atoms with Gasteiger partial charge in [-0.2, -0.15) is 0 Å². The molecule has 0 unspecified atom stereocenters. The second-order valence-electron chi connectivity index (χ2n) is 5.58. The molecule has 0 aliphatic rings. The summed E-state index contributed by atoms with van der Waals surface area (Å²) in [6.45, 7) is 1.92. The Morgan fingerprint density at radius 3 is 2.50 bits per heavy atom. The molecule has 6 nitrogen and oxygen atoms in total. The highest BCUT2D eigenvalue weighted by molar-refractivity contribution is 9.10. The lowest BCUT2D eigenvalue weighted by Gasteiger charge is -2.13. The molecule has 2 N–H and O–H groups in total. The van der Waals surface area contributed by atoms with Crippen LogP contribution in [0, 0.1) is 5.82 Å². The van der Waals surface area contributed by atoms with Crippen LogP contribution in [0.25, 0.3) is 0 Å². The quantitative estimate of drug-likeness (QED) is 0.686. The molecule has 2 aromatic carbocycles. The van der Waals surface area contributed by atoms with Gasteiger partial charge in [-0.15, -0.1) is 0 Å². The Labute approximate surface area is 159 Å². The van der Waals surface area contributed by atoms with Gasteiger partial charge in [0.05, 0.1) is 17.1 Å². The third kappa shape index (κ3) is 5.34. The van der Waals surface area contributed by atoms with E-state index >= 15 is 0 Å². The first-order valence-electron chi connectivity index (χ1n) is 7.60. The highest BCUT2D eigenvalue weighted by atomic mass is 79.9. The highest BCUT2D eigenvalue weighted by Gasteiger charge is 2.18. The van der Waals surface area contributed by atoms with E-state index in [1.165, 1.54) is 49.6 Å². The summed E-state index contributed by atoms with van der Waals surface area (Å²) in [4.78, 5) is 12.2. The molecule has 0 saturated carbocycles. The van der Waals surface area contributed by atoms with Crippen LogP contribution in [0.4, 0.5) is 10.1 Å². The van der Waals surface area contributed by atoms with Crippen molar-refractivity contribution >= 4 is 37.5 Å². The smallest absolute Gasteiger partial charge is 0.258 e. The van der Waals surface area contributed by atoms with Crippen molar-refractivity contribution < 1.29 is 22.3 Å². The number of nitrogens with one attached hydrogen (secondary N) is 2. The number of sulfonamides is 1. The standard InChI is InChI=1S/C17H18BrFN2O4S/c1-11(10-25-2)21-26(23,24)14-6-4-13(5-7-14)20-17(22)15-9-12(18)3-8-16(15)19/h3-9,11,21H,10H2,1-2H3,(H,20,22)/t11-/m0/s1. The molecule has 0 aromatic heterocycles. The van der Waals surface area contributed by atoms with Crippen LogP contribution in [0.3, 0.4) is 0 Å². The van der Waals surface area contributed by atoms with E-state index in [1.54, 1.807) is 6.92 Å². The Hall–Kier alpha value is -1.81. The van der Waals surface area contributed by atoms with Crippen LogP contribution in [-0.4, -0.2) is 34.1 Å². The zero-order valence-electron chi connectivity index (χ0n) is 14.1. The average molecular weight is 445 g/mol. The molecular formula is C17H18BrFN2O4S. The molecule has 2 rings (SSSR count). The van der Waals surface area contributed by atoms with Crippen molar-refractivity contribution in [1.82, 2.24) is 4.72 Å². The molecule has 1 atom stereocenters. The van der Waals surface area contributed by atoms with Crippen molar-refractivity contribution in [2.45, 2.75) is 17.9 Å². The zero-order valence-corrected chi connectivity index (χ0v) is 16.5. The molecule has 0 radical (unpaired) electrons. The summed E-state index contributed by atoms with van der Waals surface area (Å²) < 4.78 is 46.2. The van der Waals surface area contributed by atoms with E-state index in [1.807, 2.05) is 0 Å². The minimum absolute atomic E-state index is 0.0482. The number of ether oxygens (including phenoxy) is 1. The van der Waals surface area contributed by atoms with E-state index in [0.29, 0.717) is 10.2 Å². The average Bonchev–Trinajstić information content (AvgIpc) is 2.57. The first-order valence-corrected chi connectivity index (χ1v) is 9.88. The van der Waals surface area contributed by atoms with E-state index in [-0.39, 0.29) is 23.1 Å². The number of hydrogen-bond donors (Lipinski definition) is 2. The molecule has 0 aliphatic carbocycles. The maximum atomic E-state index is 13.7. The lowest BCUT2D eigenvalue weighted by molar-refractivity contribution is 0.102. The predicted molar refractivity (Wildman–Crippen MR) is 100 cm³/mol. The van der Waals surface area contributed by atoms with Crippen molar-refractivity contribution in [2.75, 3.05) is 19.0 Å². The number of benzene rings is 2. The Kier molecular flexibility index (Phi) is 6.87. The predicted octanol–water partition coefficient (Wildman–Crippen LogP) is 3.15. The number of anilines is 1.